The third-order valence-electron chi connectivity index (χ3n) is 3.86. The fraction of sp³-hybridized carbons (Fsp3) is 1.00. The molecule has 0 spiro atoms. The second-order valence-corrected chi connectivity index (χ2v) is 5.60. The molecule has 0 saturated heterocycles. The molecule has 13 heavy (non-hydrogen) atoms. The van der Waals surface area contributed by atoms with E-state index in [0.717, 1.165) is 23.7 Å². The van der Waals surface area contributed by atoms with Crippen molar-refractivity contribution in [3.05, 3.63) is 0 Å². The van der Waals surface area contributed by atoms with Crippen molar-refractivity contribution in [2.24, 2.45) is 23.7 Å². The predicted molar refractivity (Wildman–Crippen MR) is 59.7 cm³/mol. The van der Waals surface area contributed by atoms with Gasteiger partial charge in [0.1, 0.15) is 0 Å². The van der Waals surface area contributed by atoms with Crippen LogP contribution in [0, 0.1) is 23.7 Å². The molecule has 3 atom stereocenters. The van der Waals surface area contributed by atoms with Crippen molar-refractivity contribution in [3.63, 3.8) is 0 Å². The Kier molecular flexibility index (Phi) is 4.28. The first-order chi connectivity index (χ1) is 6.09. The van der Waals surface area contributed by atoms with Gasteiger partial charge in [0.05, 0.1) is 0 Å². The van der Waals surface area contributed by atoms with E-state index < -0.39 is 0 Å². The van der Waals surface area contributed by atoms with Gasteiger partial charge in [0.15, 0.2) is 0 Å². The fourth-order valence-corrected chi connectivity index (χ4v) is 2.49. The Bertz CT molecular complexity index is 137. The smallest absolute Gasteiger partial charge is 0.0411 e. The molecule has 0 heterocycles. The highest BCUT2D eigenvalue weighted by Gasteiger charge is 2.23. The summed E-state index contributed by atoms with van der Waals surface area (Å²) >= 11 is 0. The highest BCUT2D eigenvalue weighted by molar-refractivity contribution is 4.75. The molecule has 0 aromatic rings. The molecular weight excluding hydrogens is 156 g/mol. The van der Waals surface area contributed by atoms with Crippen LogP contribution in [-0.4, -0.2) is 0 Å². The lowest BCUT2D eigenvalue weighted by Gasteiger charge is -2.32. The van der Waals surface area contributed by atoms with E-state index in [1.807, 2.05) is 0 Å². The zero-order valence-corrected chi connectivity index (χ0v) is 9.84. The third kappa shape index (κ3) is 3.70. The molecule has 1 aliphatic rings. The van der Waals surface area contributed by atoms with Crippen LogP contribution >= 0.6 is 0 Å². The van der Waals surface area contributed by atoms with Crippen molar-refractivity contribution < 1.29 is 0 Å². The van der Waals surface area contributed by atoms with Crippen molar-refractivity contribution in [2.45, 2.75) is 59.8 Å². The summed E-state index contributed by atoms with van der Waals surface area (Å²) in [5.74, 6) is 3.91. The Balaban J connectivity index is 2.21. The minimum atomic E-state index is 0.898. The fourth-order valence-electron chi connectivity index (χ4n) is 2.49. The van der Waals surface area contributed by atoms with Crippen LogP contribution in [0.5, 0.6) is 0 Å². The monoisotopic (exact) mass is 182 g/mol. The van der Waals surface area contributed by atoms with Gasteiger partial charge in [0.25, 0.3) is 0 Å². The Labute approximate surface area is 84.1 Å². The molecule has 78 valence electrons. The van der Waals surface area contributed by atoms with E-state index >= 15 is 0 Å². The second kappa shape index (κ2) is 5.02. The van der Waals surface area contributed by atoms with E-state index in [4.69, 9.17) is 0 Å². The first kappa shape index (κ1) is 11.1. The Morgan fingerprint density at radius 3 is 2.31 bits per heavy atom. The van der Waals surface area contributed by atoms with Gasteiger partial charge in [-0.05, 0) is 30.1 Å². The van der Waals surface area contributed by atoms with Crippen LogP contribution in [0.4, 0.5) is 0 Å². The first-order valence-electron chi connectivity index (χ1n) is 6.09. The molecule has 1 aliphatic carbocycles. The van der Waals surface area contributed by atoms with E-state index in [1.54, 1.807) is 0 Å². The van der Waals surface area contributed by atoms with Gasteiger partial charge in [-0.1, -0.05) is 53.4 Å². The zero-order chi connectivity index (χ0) is 9.84. The standard InChI is InChI=1S/C13H26/c1-10(2)5-7-13-8-6-11(3)12(4)9-13/h10-13H,5-9H2,1-4H3. The van der Waals surface area contributed by atoms with E-state index in [0.29, 0.717) is 0 Å². The van der Waals surface area contributed by atoms with E-state index in [1.165, 1.54) is 32.1 Å². The Morgan fingerprint density at radius 2 is 1.77 bits per heavy atom. The predicted octanol–water partition coefficient (Wildman–Crippen LogP) is 4.49. The molecule has 1 saturated carbocycles. The lowest BCUT2D eigenvalue weighted by atomic mass is 9.74. The molecule has 1 rings (SSSR count). The lowest BCUT2D eigenvalue weighted by Crippen LogP contribution is -2.20. The largest absolute Gasteiger partial charge is 0.0628 e. The molecular formula is C13H26. The average Bonchev–Trinajstić information content (AvgIpc) is 2.07. The van der Waals surface area contributed by atoms with Crippen molar-refractivity contribution in [2.75, 3.05) is 0 Å². The molecule has 3 unspecified atom stereocenters. The van der Waals surface area contributed by atoms with Crippen LogP contribution in [0.3, 0.4) is 0 Å². The summed E-state index contributed by atoms with van der Waals surface area (Å²) in [4.78, 5) is 0. The molecule has 1 fully saturated rings. The highest BCUT2D eigenvalue weighted by atomic mass is 14.3. The van der Waals surface area contributed by atoms with Gasteiger partial charge < -0.3 is 0 Å². The summed E-state index contributed by atoms with van der Waals surface area (Å²) in [5, 5.41) is 0. The average molecular weight is 182 g/mol. The molecule has 0 amide bonds. The quantitative estimate of drug-likeness (QED) is 0.603. The number of hydrogen-bond acceptors (Lipinski definition) is 0. The SMILES string of the molecule is CC(C)CCC1CCC(C)C(C)C1. The van der Waals surface area contributed by atoms with Crippen molar-refractivity contribution in [1.29, 1.82) is 0 Å². The summed E-state index contributed by atoms with van der Waals surface area (Å²) < 4.78 is 0. The normalized spacial score (nSPS) is 35.3. The summed E-state index contributed by atoms with van der Waals surface area (Å²) in [5.41, 5.74) is 0. The second-order valence-electron chi connectivity index (χ2n) is 5.60. The van der Waals surface area contributed by atoms with Crippen LogP contribution in [0.1, 0.15) is 59.8 Å². The molecule has 0 aliphatic heterocycles. The Hall–Kier alpha value is 0. The van der Waals surface area contributed by atoms with Gasteiger partial charge in [-0.25, -0.2) is 0 Å². The number of rotatable bonds is 3. The van der Waals surface area contributed by atoms with Gasteiger partial charge in [0.2, 0.25) is 0 Å². The highest BCUT2D eigenvalue weighted by Crippen LogP contribution is 2.35. The van der Waals surface area contributed by atoms with Gasteiger partial charge in [-0.3, -0.25) is 0 Å². The molecule has 0 aromatic heterocycles. The Morgan fingerprint density at radius 1 is 1.08 bits per heavy atom. The van der Waals surface area contributed by atoms with Crippen LogP contribution in [-0.2, 0) is 0 Å². The van der Waals surface area contributed by atoms with E-state index in [-0.39, 0.29) is 0 Å². The molecule has 0 N–H and O–H groups in total. The van der Waals surface area contributed by atoms with Gasteiger partial charge in [-0.2, -0.15) is 0 Å². The van der Waals surface area contributed by atoms with Crippen molar-refractivity contribution >= 4 is 0 Å². The van der Waals surface area contributed by atoms with Crippen LogP contribution in [0.15, 0.2) is 0 Å². The molecule has 0 heteroatoms. The van der Waals surface area contributed by atoms with E-state index in [2.05, 4.69) is 27.7 Å². The minimum absolute atomic E-state index is 0.898. The van der Waals surface area contributed by atoms with Crippen LogP contribution < -0.4 is 0 Å². The maximum absolute atomic E-state index is 2.44. The molecule has 0 radical (unpaired) electrons. The maximum atomic E-state index is 2.44. The molecule has 0 nitrogen and oxygen atoms in total. The molecule has 0 aromatic carbocycles. The van der Waals surface area contributed by atoms with Crippen LogP contribution in [0.25, 0.3) is 0 Å². The zero-order valence-electron chi connectivity index (χ0n) is 9.84. The summed E-state index contributed by atoms with van der Waals surface area (Å²) in [6, 6.07) is 0. The van der Waals surface area contributed by atoms with Crippen LogP contribution in [0.2, 0.25) is 0 Å². The lowest BCUT2D eigenvalue weighted by molar-refractivity contribution is 0.194. The topological polar surface area (TPSA) is 0 Å². The third-order valence-corrected chi connectivity index (χ3v) is 3.86. The summed E-state index contributed by atoms with van der Waals surface area (Å²) in [6.07, 6.45) is 7.39. The van der Waals surface area contributed by atoms with Crippen molar-refractivity contribution in [1.82, 2.24) is 0 Å². The van der Waals surface area contributed by atoms with Crippen molar-refractivity contribution in [3.8, 4) is 0 Å². The summed E-state index contributed by atoms with van der Waals surface area (Å²) in [7, 11) is 0. The van der Waals surface area contributed by atoms with E-state index in [9.17, 15) is 0 Å². The minimum Gasteiger partial charge on any atom is -0.0628 e. The van der Waals surface area contributed by atoms with Gasteiger partial charge >= 0.3 is 0 Å². The van der Waals surface area contributed by atoms with Gasteiger partial charge in [-0.15, -0.1) is 0 Å². The van der Waals surface area contributed by atoms with Gasteiger partial charge in [0, 0.05) is 0 Å². The molecule has 0 bridgehead atoms. The number of hydrogen-bond donors (Lipinski definition) is 0. The summed E-state index contributed by atoms with van der Waals surface area (Å²) in [6.45, 7) is 9.54. The first-order valence-corrected chi connectivity index (χ1v) is 6.09. The maximum Gasteiger partial charge on any atom is -0.0411 e.